The molecule has 0 aromatic heterocycles. The number of primary sulfonamides is 1. The number of hydrogen-bond acceptors (Lipinski definition) is 4. The van der Waals surface area contributed by atoms with Crippen LogP contribution in [0, 0.1) is 0 Å². The maximum absolute atomic E-state index is 11.4. The minimum atomic E-state index is -3.83. The van der Waals surface area contributed by atoms with E-state index >= 15 is 0 Å². The summed E-state index contributed by atoms with van der Waals surface area (Å²) in [5.74, 6) is -1.03. The lowest BCUT2D eigenvalue weighted by atomic mass is 10.2. The molecule has 7 heteroatoms. The number of benzene rings is 2. The van der Waals surface area contributed by atoms with E-state index in [9.17, 15) is 13.2 Å². The second kappa shape index (κ2) is 5.32. The number of aromatic carboxylic acids is 1. The Labute approximate surface area is 115 Å². The third-order valence-electron chi connectivity index (χ3n) is 2.60. The number of nitrogens with two attached hydrogens (primary N) is 1. The van der Waals surface area contributed by atoms with Crippen LogP contribution < -0.4 is 10.5 Å². The Morgan fingerprint density at radius 1 is 1.05 bits per heavy atom. The highest BCUT2D eigenvalue weighted by Crippen LogP contribution is 2.23. The van der Waals surface area contributed by atoms with E-state index in [1.807, 2.05) is 0 Å². The fourth-order valence-electron chi connectivity index (χ4n) is 1.67. The van der Waals surface area contributed by atoms with E-state index < -0.39 is 16.0 Å². The Balaban J connectivity index is 2.33. The molecule has 0 saturated heterocycles. The smallest absolute Gasteiger partial charge is 0.335 e. The summed E-state index contributed by atoms with van der Waals surface area (Å²) >= 11 is 0. The van der Waals surface area contributed by atoms with Crippen molar-refractivity contribution in [3.05, 3.63) is 54.1 Å². The molecule has 6 nitrogen and oxygen atoms in total. The van der Waals surface area contributed by atoms with E-state index in [-0.39, 0.29) is 10.5 Å². The normalized spacial score (nSPS) is 11.1. The summed E-state index contributed by atoms with van der Waals surface area (Å²) in [6, 6.07) is 12.1. The van der Waals surface area contributed by atoms with Crippen molar-refractivity contribution in [2.24, 2.45) is 5.14 Å². The Morgan fingerprint density at radius 3 is 2.20 bits per heavy atom. The summed E-state index contributed by atoms with van der Waals surface area (Å²) in [7, 11) is -3.83. The molecule has 0 unspecified atom stereocenters. The minimum Gasteiger partial charge on any atom is -0.478 e. The molecule has 2 aromatic rings. The molecule has 0 aliphatic rings. The predicted octanol–water partition coefficient (Wildman–Crippen LogP) is 1.78. The van der Waals surface area contributed by atoms with Crippen LogP contribution in [0.25, 0.3) is 0 Å². The summed E-state index contributed by atoms with van der Waals surface area (Å²) < 4.78 is 22.9. The summed E-state index contributed by atoms with van der Waals surface area (Å²) in [4.78, 5) is 10.7. The first-order chi connectivity index (χ1) is 9.38. The van der Waals surface area contributed by atoms with Gasteiger partial charge in [0.15, 0.2) is 0 Å². The Kier molecular flexibility index (Phi) is 3.73. The summed E-state index contributed by atoms with van der Waals surface area (Å²) in [6.07, 6.45) is 0. The van der Waals surface area contributed by atoms with Crippen molar-refractivity contribution in [2.75, 3.05) is 5.32 Å². The molecule has 0 bridgehead atoms. The van der Waals surface area contributed by atoms with Crippen LogP contribution in [-0.2, 0) is 10.0 Å². The number of sulfonamides is 1. The van der Waals surface area contributed by atoms with Gasteiger partial charge in [-0.1, -0.05) is 12.1 Å². The molecule has 0 amide bonds. The third kappa shape index (κ3) is 3.14. The standard InChI is InChI=1S/C13H12N2O4S/c14-20(18,19)12-4-2-1-3-11(12)15-10-7-5-9(6-8-10)13(16)17/h1-8,15H,(H,16,17)(H2,14,18,19). The molecule has 0 aliphatic heterocycles. The highest BCUT2D eigenvalue weighted by molar-refractivity contribution is 7.89. The fraction of sp³-hybridized carbons (Fsp3) is 0. The summed E-state index contributed by atoms with van der Waals surface area (Å²) in [5, 5.41) is 16.8. The second-order valence-electron chi connectivity index (χ2n) is 4.05. The molecular weight excluding hydrogens is 280 g/mol. The Hall–Kier alpha value is -2.38. The Morgan fingerprint density at radius 2 is 1.65 bits per heavy atom. The molecule has 2 rings (SSSR count). The van der Waals surface area contributed by atoms with E-state index in [0.29, 0.717) is 11.4 Å². The van der Waals surface area contributed by atoms with E-state index in [4.69, 9.17) is 10.2 Å². The van der Waals surface area contributed by atoms with Crippen molar-refractivity contribution in [1.29, 1.82) is 0 Å². The molecule has 2 aromatic carbocycles. The molecule has 0 fully saturated rings. The molecule has 104 valence electrons. The van der Waals surface area contributed by atoms with Gasteiger partial charge >= 0.3 is 5.97 Å². The van der Waals surface area contributed by atoms with Gasteiger partial charge in [0.25, 0.3) is 0 Å². The molecule has 20 heavy (non-hydrogen) atoms. The van der Waals surface area contributed by atoms with E-state index in [1.54, 1.807) is 30.3 Å². The average molecular weight is 292 g/mol. The first kappa shape index (κ1) is 14.0. The molecule has 0 heterocycles. The number of para-hydroxylation sites is 1. The summed E-state index contributed by atoms with van der Waals surface area (Å²) in [6.45, 7) is 0. The number of carbonyl (C=O) groups is 1. The van der Waals surface area contributed by atoms with Gasteiger partial charge in [-0.15, -0.1) is 0 Å². The van der Waals surface area contributed by atoms with Crippen molar-refractivity contribution in [3.8, 4) is 0 Å². The molecule has 0 spiro atoms. The predicted molar refractivity (Wildman–Crippen MR) is 74.5 cm³/mol. The highest BCUT2D eigenvalue weighted by atomic mass is 32.2. The van der Waals surface area contributed by atoms with Gasteiger partial charge in [0.2, 0.25) is 10.0 Å². The molecule has 0 aliphatic carbocycles. The quantitative estimate of drug-likeness (QED) is 0.795. The van der Waals surface area contributed by atoms with Gasteiger partial charge in [-0.3, -0.25) is 0 Å². The van der Waals surface area contributed by atoms with Crippen LogP contribution >= 0.6 is 0 Å². The lowest BCUT2D eigenvalue weighted by Gasteiger charge is -2.10. The van der Waals surface area contributed by atoms with Gasteiger partial charge in [0.1, 0.15) is 4.90 Å². The molecule has 0 atom stereocenters. The number of carboxylic acids is 1. The first-order valence-electron chi connectivity index (χ1n) is 5.60. The zero-order valence-electron chi connectivity index (χ0n) is 10.3. The number of hydrogen-bond donors (Lipinski definition) is 3. The van der Waals surface area contributed by atoms with Crippen LogP contribution in [0.2, 0.25) is 0 Å². The van der Waals surface area contributed by atoms with Gasteiger partial charge in [0, 0.05) is 5.69 Å². The number of carboxylic acid groups (broad SMARTS) is 1. The van der Waals surface area contributed by atoms with Crippen molar-refractivity contribution >= 4 is 27.4 Å². The monoisotopic (exact) mass is 292 g/mol. The maximum Gasteiger partial charge on any atom is 0.335 e. The lowest BCUT2D eigenvalue weighted by Crippen LogP contribution is -2.14. The second-order valence-corrected chi connectivity index (χ2v) is 5.58. The zero-order chi connectivity index (χ0) is 14.8. The molecule has 0 saturated carbocycles. The minimum absolute atomic E-state index is 0.0256. The van der Waals surface area contributed by atoms with Crippen molar-refractivity contribution in [1.82, 2.24) is 0 Å². The van der Waals surface area contributed by atoms with E-state index in [0.717, 1.165) is 0 Å². The zero-order valence-corrected chi connectivity index (χ0v) is 11.1. The van der Waals surface area contributed by atoms with Crippen LogP contribution in [0.4, 0.5) is 11.4 Å². The lowest BCUT2D eigenvalue weighted by molar-refractivity contribution is 0.0697. The average Bonchev–Trinajstić information content (AvgIpc) is 2.38. The topological polar surface area (TPSA) is 109 Å². The molecule has 4 N–H and O–H groups in total. The first-order valence-corrected chi connectivity index (χ1v) is 7.15. The van der Waals surface area contributed by atoms with Crippen molar-refractivity contribution in [2.45, 2.75) is 4.90 Å². The maximum atomic E-state index is 11.4. The van der Waals surface area contributed by atoms with Crippen molar-refractivity contribution in [3.63, 3.8) is 0 Å². The fourth-order valence-corrected chi connectivity index (χ4v) is 2.36. The van der Waals surface area contributed by atoms with Crippen molar-refractivity contribution < 1.29 is 18.3 Å². The van der Waals surface area contributed by atoms with Crippen LogP contribution in [0.1, 0.15) is 10.4 Å². The van der Waals surface area contributed by atoms with Gasteiger partial charge in [0.05, 0.1) is 11.3 Å². The molecular formula is C13H12N2O4S. The molecule has 0 radical (unpaired) electrons. The van der Waals surface area contributed by atoms with Gasteiger partial charge in [-0.2, -0.15) is 0 Å². The SMILES string of the molecule is NS(=O)(=O)c1ccccc1Nc1ccc(C(=O)O)cc1. The van der Waals surface area contributed by atoms with Crippen LogP contribution in [-0.4, -0.2) is 19.5 Å². The van der Waals surface area contributed by atoms with Gasteiger partial charge in [-0.25, -0.2) is 18.4 Å². The van der Waals surface area contributed by atoms with Crippen LogP contribution in [0.3, 0.4) is 0 Å². The Bertz CT molecular complexity index is 739. The van der Waals surface area contributed by atoms with E-state index in [2.05, 4.69) is 5.32 Å². The van der Waals surface area contributed by atoms with E-state index in [1.165, 1.54) is 18.2 Å². The largest absolute Gasteiger partial charge is 0.478 e. The van der Waals surface area contributed by atoms with Crippen LogP contribution in [0.15, 0.2) is 53.4 Å². The third-order valence-corrected chi connectivity index (χ3v) is 3.57. The summed E-state index contributed by atoms with van der Waals surface area (Å²) in [5.41, 5.74) is 1.04. The highest BCUT2D eigenvalue weighted by Gasteiger charge is 2.13. The number of nitrogens with one attached hydrogen (secondary N) is 1. The van der Waals surface area contributed by atoms with Gasteiger partial charge < -0.3 is 10.4 Å². The number of anilines is 2. The van der Waals surface area contributed by atoms with Crippen LogP contribution in [0.5, 0.6) is 0 Å². The van der Waals surface area contributed by atoms with Gasteiger partial charge in [-0.05, 0) is 36.4 Å². The number of rotatable bonds is 4.